The van der Waals surface area contributed by atoms with Crippen LogP contribution in [0.4, 0.5) is 5.69 Å². The molecule has 1 rings (SSSR count). The minimum Gasteiger partial charge on any atom is -0.478 e. The van der Waals surface area contributed by atoms with E-state index in [0.717, 1.165) is 12.8 Å². The summed E-state index contributed by atoms with van der Waals surface area (Å²) in [6.45, 7) is 0.571. The summed E-state index contributed by atoms with van der Waals surface area (Å²) in [4.78, 5) is 22.2. The van der Waals surface area contributed by atoms with Crippen molar-refractivity contribution in [3.63, 3.8) is 0 Å². The fraction of sp³-hybridized carbons (Fsp3) is 0.333. The van der Waals surface area contributed by atoms with Gasteiger partial charge in [0.1, 0.15) is 0 Å². The summed E-state index contributed by atoms with van der Waals surface area (Å²) >= 11 is 0. The third-order valence-corrected chi connectivity index (χ3v) is 2.25. The molecule has 0 saturated carbocycles. The molecule has 0 spiro atoms. The van der Waals surface area contributed by atoms with Crippen molar-refractivity contribution in [2.24, 2.45) is 5.73 Å². The van der Waals surface area contributed by atoms with Crippen molar-refractivity contribution in [2.75, 3.05) is 11.9 Å². The molecule has 92 valence electrons. The zero-order chi connectivity index (χ0) is 12.7. The fourth-order valence-electron chi connectivity index (χ4n) is 1.38. The zero-order valence-electron chi connectivity index (χ0n) is 9.48. The molecule has 0 aliphatic carbocycles. The molecule has 0 atom stereocenters. The van der Waals surface area contributed by atoms with Crippen LogP contribution in [0, 0.1) is 0 Å². The predicted octanol–water partition coefficient (Wildman–Crippen LogP) is 1.45. The van der Waals surface area contributed by atoms with Crippen LogP contribution in [-0.4, -0.2) is 23.5 Å². The number of carbonyl (C=O) groups excluding carboxylic acids is 1. The maximum Gasteiger partial charge on any atom is 0.335 e. The average molecular weight is 236 g/mol. The number of hydrogen-bond donors (Lipinski definition) is 3. The van der Waals surface area contributed by atoms with Crippen LogP contribution in [-0.2, 0) is 4.79 Å². The van der Waals surface area contributed by atoms with E-state index in [9.17, 15) is 9.59 Å². The Morgan fingerprint density at radius 3 is 2.71 bits per heavy atom. The number of carbonyl (C=O) groups is 2. The molecule has 4 N–H and O–H groups in total. The molecule has 1 amide bonds. The third-order valence-electron chi connectivity index (χ3n) is 2.25. The highest BCUT2D eigenvalue weighted by Crippen LogP contribution is 2.11. The number of nitrogens with two attached hydrogens (primary N) is 1. The van der Waals surface area contributed by atoms with E-state index in [1.807, 2.05) is 0 Å². The number of carboxylic acids is 1. The summed E-state index contributed by atoms with van der Waals surface area (Å²) < 4.78 is 0. The number of hydrogen-bond acceptors (Lipinski definition) is 3. The van der Waals surface area contributed by atoms with Crippen LogP contribution in [0.2, 0.25) is 0 Å². The van der Waals surface area contributed by atoms with E-state index >= 15 is 0 Å². The average Bonchev–Trinajstić information content (AvgIpc) is 2.29. The first-order chi connectivity index (χ1) is 8.13. The van der Waals surface area contributed by atoms with E-state index in [2.05, 4.69) is 5.32 Å². The zero-order valence-corrected chi connectivity index (χ0v) is 9.48. The van der Waals surface area contributed by atoms with Gasteiger partial charge in [0.2, 0.25) is 5.91 Å². The molecule has 0 aliphatic rings. The number of amides is 1. The van der Waals surface area contributed by atoms with Crippen molar-refractivity contribution in [1.82, 2.24) is 0 Å². The summed E-state index contributed by atoms with van der Waals surface area (Å²) in [7, 11) is 0. The van der Waals surface area contributed by atoms with Gasteiger partial charge in [-0.1, -0.05) is 6.07 Å². The molecule has 0 saturated heterocycles. The second kappa shape index (κ2) is 6.65. The molecule has 0 unspecified atom stereocenters. The first kappa shape index (κ1) is 13.2. The molecule has 0 bridgehead atoms. The summed E-state index contributed by atoms with van der Waals surface area (Å²) in [5.74, 6) is -1.13. The monoisotopic (exact) mass is 236 g/mol. The predicted molar refractivity (Wildman–Crippen MR) is 64.9 cm³/mol. The Morgan fingerprint density at radius 2 is 2.06 bits per heavy atom. The van der Waals surface area contributed by atoms with Gasteiger partial charge in [-0.05, 0) is 37.6 Å². The maximum atomic E-state index is 11.5. The number of anilines is 1. The molecule has 1 aromatic rings. The first-order valence-corrected chi connectivity index (χ1v) is 5.47. The smallest absolute Gasteiger partial charge is 0.335 e. The Morgan fingerprint density at radius 1 is 1.29 bits per heavy atom. The van der Waals surface area contributed by atoms with Gasteiger partial charge in [-0.3, -0.25) is 4.79 Å². The van der Waals surface area contributed by atoms with Gasteiger partial charge in [0.15, 0.2) is 0 Å². The molecular weight excluding hydrogens is 220 g/mol. The highest BCUT2D eigenvalue weighted by Gasteiger charge is 2.05. The largest absolute Gasteiger partial charge is 0.478 e. The highest BCUT2D eigenvalue weighted by molar-refractivity contribution is 5.93. The van der Waals surface area contributed by atoms with Gasteiger partial charge in [-0.25, -0.2) is 4.79 Å². The topological polar surface area (TPSA) is 92.4 Å². The second-order valence-electron chi connectivity index (χ2n) is 3.68. The standard InChI is InChI=1S/C12H16N2O3/c13-7-2-1-6-11(15)14-10-5-3-4-9(8-10)12(16)17/h3-5,8H,1-2,6-7,13H2,(H,14,15)(H,16,17). The molecule has 0 fully saturated rings. The molecule has 0 radical (unpaired) electrons. The third kappa shape index (κ3) is 4.65. The summed E-state index contributed by atoms with van der Waals surface area (Å²) in [6.07, 6.45) is 1.94. The van der Waals surface area contributed by atoms with Gasteiger partial charge >= 0.3 is 5.97 Å². The lowest BCUT2D eigenvalue weighted by Gasteiger charge is -2.05. The quantitative estimate of drug-likeness (QED) is 0.652. The van der Waals surface area contributed by atoms with E-state index in [-0.39, 0.29) is 11.5 Å². The van der Waals surface area contributed by atoms with Crippen LogP contribution in [0.25, 0.3) is 0 Å². The number of aromatic carboxylic acids is 1. The van der Waals surface area contributed by atoms with Crippen LogP contribution in [0.3, 0.4) is 0 Å². The Hall–Kier alpha value is -1.88. The first-order valence-electron chi connectivity index (χ1n) is 5.47. The van der Waals surface area contributed by atoms with E-state index in [0.29, 0.717) is 18.7 Å². The number of nitrogens with one attached hydrogen (secondary N) is 1. The van der Waals surface area contributed by atoms with Gasteiger partial charge < -0.3 is 16.2 Å². The summed E-state index contributed by atoms with van der Waals surface area (Å²) in [6, 6.07) is 6.17. The molecular formula is C12H16N2O3. The van der Waals surface area contributed by atoms with Crippen LogP contribution in [0.15, 0.2) is 24.3 Å². The van der Waals surface area contributed by atoms with Crippen molar-refractivity contribution >= 4 is 17.6 Å². The van der Waals surface area contributed by atoms with Gasteiger partial charge in [0.25, 0.3) is 0 Å². The molecule has 0 aliphatic heterocycles. The lowest BCUT2D eigenvalue weighted by molar-refractivity contribution is -0.116. The van der Waals surface area contributed by atoms with Gasteiger partial charge in [0, 0.05) is 12.1 Å². The molecule has 17 heavy (non-hydrogen) atoms. The normalized spacial score (nSPS) is 9.94. The summed E-state index contributed by atoms with van der Waals surface area (Å²) in [5.41, 5.74) is 5.98. The van der Waals surface area contributed by atoms with Crippen LogP contribution >= 0.6 is 0 Å². The van der Waals surface area contributed by atoms with Gasteiger partial charge in [-0.15, -0.1) is 0 Å². The number of unbranched alkanes of at least 4 members (excludes halogenated alkanes) is 1. The van der Waals surface area contributed by atoms with Crippen LogP contribution in [0.1, 0.15) is 29.6 Å². The molecule has 5 heteroatoms. The van der Waals surface area contributed by atoms with Gasteiger partial charge in [0.05, 0.1) is 5.56 Å². The Kier molecular flexibility index (Phi) is 5.16. The van der Waals surface area contributed by atoms with Crippen molar-refractivity contribution in [3.05, 3.63) is 29.8 Å². The van der Waals surface area contributed by atoms with Crippen LogP contribution < -0.4 is 11.1 Å². The number of carboxylic acid groups (broad SMARTS) is 1. The molecule has 0 aromatic heterocycles. The second-order valence-corrected chi connectivity index (χ2v) is 3.68. The van der Waals surface area contributed by atoms with Crippen molar-refractivity contribution in [1.29, 1.82) is 0 Å². The SMILES string of the molecule is NCCCCC(=O)Nc1cccc(C(=O)O)c1. The molecule has 5 nitrogen and oxygen atoms in total. The van der Waals surface area contributed by atoms with Crippen molar-refractivity contribution < 1.29 is 14.7 Å². The Bertz CT molecular complexity index is 404. The van der Waals surface area contributed by atoms with E-state index < -0.39 is 5.97 Å². The maximum absolute atomic E-state index is 11.5. The van der Waals surface area contributed by atoms with E-state index in [4.69, 9.17) is 10.8 Å². The number of benzene rings is 1. The minimum absolute atomic E-state index is 0.124. The van der Waals surface area contributed by atoms with Gasteiger partial charge in [-0.2, -0.15) is 0 Å². The Balaban J connectivity index is 2.53. The van der Waals surface area contributed by atoms with Crippen molar-refractivity contribution in [3.8, 4) is 0 Å². The van der Waals surface area contributed by atoms with E-state index in [1.54, 1.807) is 12.1 Å². The molecule has 0 heterocycles. The minimum atomic E-state index is -1.01. The summed E-state index contributed by atoms with van der Waals surface area (Å²) in [5, 5.41) is 11.4. The van der Waals surface area contributed by atoms with Crippen LogP contribution in [0.5, 0.6) is 0 Å². The van der Waals surface area contributed by atoms with Crippen molar-refractivity contribution in [2.45, 2.75) is 19.3 Å². The van der Waals surface area contributed by atoms with E-state index in [1.165, 1.54) is 12.1 Å². The molecule has 1 aromatic carbocycles. The Labute approximate surface area is 99.6 Å². The lowest BCUT2D eigenvalue weighted by Crippen LogP contribution is -2.12. The highest BCUT2D eigenvalue weighted by atomic mass is 16.4. The number of rotatable bonds is 6. The fourth-order valence-corrected chi connectivity index (χ4v) is 1.38. The lowest BCUT2D eigenvalue weighted by atomic mass is 10.2.